The fourth-order valence-corrected chi connectivity index (χ4v) is 2.66. The Hall–Kier alpha value is -0.570. The number of amides is 1. The van der Waals surface area contributed by atoms with Crippen molar-refractivity contribution in [1.82, 2.24) is 10.6 Å². The van der Waals surface area contributed by atoms with Crippen LogP contribution in [0.15, 0.2) is 0 Å². The molecule has 2 N–H and O–H groups in total. The Morgan fingerprint density at radius 1 is 1.20 bits per heavy atom. The summed E-state index contributed by atoms with van der Waals surface area (Å²) in [6, 6.07) is 0. The van der Waals surface area contributed by atoms with E-state index >= 15 is 0 Å². The van der Waals surface area contributed by atoms with E-state index < -0.39 is 0 Å². The van der Waals surface area contributed by atoms with Gasteiger partial charge in [-0.3, -0.25) is 4.79 Å². The number of hydrogen-bond donors (Lipinski definition) is 2. The molecule has 86 valence electrons. The molecule has 0 aromatic heterocycles. The summed E-state index contributed by atoms with van der Waals surface area (Å²) in [6.45, 7) is 2.79. The molecule has 2 rings (SSSR count). The number of carbonyl (C=O) groups is 1. The lowest BCUT2D eigenvalue weighted by Gasteiger charge is -2.22. The van der Waals surface area contributed by atoms with Crippen molar-refractivity contribution in [3.05, 3.63) is 0 Å². The van der Waals surface area contributed by atoms with Crippen molar-refractivity contribution in [1.29, 1.82) is 0 Å². The van der Waals surface area contributed by atoms with E-state index in [4.69, 9.17) is 0 Å². The molecule has 3 nitrogen and oxygen atoms in total. The standard InChI is InChI=1S/C12H22N2O/c15-12(11-6-7-13-9-11)14-8-10-4-2-1-3-5-10/h10-11,13H,1-9H2,(H,14,15). The summed E-state index contributed by atoms with van der Waals surface area (Å²) in [7, 11) is 0. The topological polar surface area (TPSA) is 41.1 Å². The van der Waals surface area contributed by atoms with Crippen LogP contribution in [0.1, 0.15) is 38.5 Å². The van der Waals surface area contributed by atoms with Crippen molar-refractivity contribution in [3.63, 3.8) is 0 Å². The lowest BCUT2D eigenvalue weighted by molar-refractivity contribution is -0.124. The maximum atomic E-state index is 11.7. The van der Waals surface area contributed by atoms with Crippen LogP contribution in [0, 0.1) is 11.8 Å². The first-order valence-corrected chi connectivity index (χ1v) is 6.34. The summed E-state index contributed by atoms with van der Waals surface area (Å²) in [5, 5.41) is 6.35. The van der Waals surface area contributed by atoms with E-state index in [1.165, 1.54) is 32.1 Å². The Kier molecular flexibility index (Phi) is 4.01. The van der Waals surface area contributed by atoms with E-state index in [9.17, 15) is 4.79 Å². The molecule has 1 atom stereocenters. The van der Waals surface area contributed by atoms with Crippen molar-refractivity contribution in [3.8, 4) is 0 Å². The monoisotopic (exact) mass is 210 g/mol. The van der Waals surface area contributed by atoms with E-state index in [0.29, 0.717) is 0 Å². The summed E-state index contributed by atoms with van der Waals surface area (Å²) in [6.07, 6.45) is 7.72. The van der Waals surface area contributed by atoms with Gasteiger partial charge in [-0.2, -0.15) is 0 Å². The van der Waals surface area contributed by atoms with Crippen molar-refractivity contribution in [2.45, 2.75) is 38.5 Å². The molecule has 1 saturated heterocycles. The predicted octanol–water partition coefficient (Wildman–Crippen LogP) is 1.29. The molecule has 1 amide bonds. The molecule has 0 aromatic carbocycles. The molecule has 0 bridgehead atoms. The van der Waals surface area contributed by atoms with Gasteiger partial charge in [0.05, 0.1) is 5.92 Å². The maximum Gasteiger partial charge on any atom is 0.224 e. The Bertz CT molecular complexity index is 206. The minimum absolute atomic E-state index is 0.230. The van der Waals surface area contributed by atoms with Gasteiger partial charge in [-0.1, -0.05) is 19.3 Å². The van der Waals surface area contributed by atoms with Crippen LogP contribution in [0.4, 0.5) is 0 Å². The van der Waals surface area contributed by atoms with Gasteiger partial charge < -0.3 is 10.6 Å². The molecular weight excluding hydrogens is 188 g/mol. The minimum Gasteiger partial charge on any atom is -0.356 e. The summed E-state index contributed by atoms with van der Waals surface area (Å²) in [5.41, 5.74) is 0. The average molecular weight is 210 g/mol. The Morgan fingerprint density at radius 3 is 2.67 bits per heavy atom. The second kappa shape index (κ2) is 5.50. The van der Waals surface area contributed by atoms with Crippen LogP contribution in [-0.2, 0) is 4.79 Å². The van der Waals surface area contributed by atoms with Crippen LogP contribution in [0.5, 0.6) is 0 Å². The first-order chi connectivity index (χ1) is 7.36. The maximum absolute atomic E-state index is 11.7. The molecular formula is C12H22N2O. The smallest absolute Gasteiger partial charge is 0.224 e. The van der Waals surface area contributed by atoms with Gasteiger partial charge in [-0.15, -0.1) is 0 Å². The van der Waals surface area contributed by atoms with Crippen LogP contribution >= 0.6 is 0 Å². The zero-order valence-electron chi connectivity index (χ0n) is 9.43. The van der Waals surface area contributed by atoms with Crippen LogP contribution < -0.4 is 10.6 Å². The van der Waals surface area contributed by atoms with Crippen molar-refractivity contribution in [2.24, 2.45) is 11.8 Å². The first-order valence-electron chi connectivity index (χ1n) is 6.34. The molecule has 1 aliphatic heterocycles. The molecule has 15 heavy (non-hydrogen) atoms. The van der Waals surface area contributed by atoms with Gasteiger partial charge in [-0.05, 0) is 31.7 Å². The Morgan fingerprint density at radius 2 is 2.00 bits per heavy atom. The first kappa shape index (κ1) is 10.9. The van der Waals surface area contributed by atoms with Crippen LogP contribution in [0.25, 0.3) is 0 Å². The number of hydrogen-bond acceptors (Lipinski definition) is 2. The third kappa shape index (κ3) is 3.20. The lowest BCUT2D eigenvalue weighted by atomic mass is 9.89. The van der Waals surface area contributed by atoms with Crippen molar-refractivity contribution >= 4 is 5.91 Å². The minimum atomic E-state index is 0.230. The molecule has 0 radical (unpaired) electrons. The van der Waals surface area contributed by atoms with Gasteiger partial charge in [0.15, 0.2) is 0 Å². The quantitative estimate of drug-likeness (QED) is 0.737. The number of rotatable bonds is 3. The lowest BCUT2D eigenvalue weighted by Crippen LogP contribution is -2.35. The third-order valence-electron chi connectivity index (χ3n) is 3.72. The van der Waals surface area contributed by atoms with Gasteiger partial charge in [0.1, 0.15) is 0 Å². The molecule has 1 saturated carbocycles. The second-order valence-corrected chi connectivity index (χ2v) is 4.94. The van der Waals surface area contributed by atoms with Crippen molar-refractivity contribution in [2.75, 3.05) is 19.6 Å². The van der Waals surface area contributed by atoms with E-state index in [-0.39, 0.29) is 11.8 Å². The van der Waals surface area contributed by atoms with Crippen LogP contribution in [0.3, 0.4) is 0 Å². The SMILES string of the molecule is O=C(NCC1CCCCC1)C1CCNC1. The normalized spacial score (nSPS) is 27.9. The van der Waals surface area contributed by atoms with Gasteiger partial charge >= 0.3 is 0 Å². The highest BCUT2D eigenvalue weighted by Gasteiger charge is 2.23. The molecule has 1 aliphatic carbocycles. The van der Waals surface area contributed by atoms with Gasteiger partial charge in [0.2, 0.25) is 5.91 Å². The van der Waals surface area contributed by atoms with Gasteiger partial charge in [0.25, 0.3) is 0 Å². The molecule has 0 spiro atoms. The largest absolute Gasteiger partial charge is 0.356 e. The van der Waals surface area contributed by atoms with E-state index in [1.807, 2.05) is 0 Å². The van der Waals surface area contributed by atoms with E-state index in [1.54, 1.807) is 0 Å². The molecule has 0 aromatic rings. The fraction of sp³-hybridized carbons (Fsp3) is 0.917. The van der Waals surface area contributed by atoms with E-state index in [0.717, 1.165) is 32.0 Å². The van der Waals surface area contributed by atoms with Gasteiger partial charge in [-0.25, -0.2) is 0 Å². The summed E-state index contributed by atoms with van der Waals surface area (Å²) in [5.74, 6) is 1.25. The molecule has 1 unspecified atom stereocenters. The predicted molar refractivity (Wildman–Crippen MR) is 60.6 cm³/mol. The Balaban J connectivity index is 1.65. The summed E-state index contributed by atoms with van der Waals surface area (Å²) in [4.78, 5) is 11.7. The Labute approximate surface area is 92.0 Å². The van der Waals surface area contributed by atoms with Crippen LogP contribution in [-0.4, -0.2) is 25.5 Å². The number of nitrogens with one attached hydrogen (secondary N) is 2. The average Bonchev–Trinajstić information content (AvgIpc) is 2.81. The number of carbonyl (C=O) groups excluding carboxylic acids is 1. The molecule has 1 heterocycles. The summed E-state index contributed by atoms with van der Waals surface area (Å²) < 4.78 is 0. The van der Waals surface area contributed by atoms with Crippen molar-refractivity contribution < 1.29 is 4.79 Å². The highest BCUT2D eigenvalue weighted by Crippen LogP contribution is 2.22. The fourth-order valence-electron chi connectivity index (χ4n) is 2.66. The molecule has 2 fully saturated rings. The summed E-state index contributed by atoms with van der Waals surface area (Å²) >= 11 is 0. The highest BCUT2D eigenvalue weighted by atomic mass is 16.1. The zero-order valence-corrected chi connectivity index (χ0v) is 9.43. The van der Waals surface area contributed by atoms with Crippen LogP contribution in [0.2, 0.25) is 0 Å². The van der Waals surface area contributed by atoms with E-state index in [2.05, 4.69) is 10.6 Å². The highest BCUT2D eigenvalue weighted by molar-refractivity contribution is 5.79. The second-order valence-electron chi connectivity index (χ2n) is 4.94. The zero-order chi connectivity index (χ0) is 10.5. The van der Waals surface area contributed by atoms with Gasteiger partial charge in [0, 0.05) is 13.1 Å². The molecule has 2 aliphatic rings. The third-order valence-corrected chi connectivity index (χ3v) is 3.72. The molecule has 3 heteroatoms.